The third-order valence-electron chi connectivity index (χ3n) is 6.37. The lowest BCUT2D eigenvalue weighted by Gasteiger charge is -2.40. The van der Waals surface area contributed by atoms with Crippen molar-refractivity contribution >= 4 is 21.8 Å². The Morgan fingerprint density at radius 3 is 2.14 bits per heavy atom. The van der Waals surface area contributed by atoms with Gasteiger partial charge in [0.2, 0.25) is 21.8 Å². The van der Waals surface area contributed by atoms with E-state index in [2.05, 4.69) is 20.8 Å². The number of sulfonamides is 1. The first-order chi connectivity index (χ1) is 16.2. The van der Waals surface area contributed by atoms with Gasteiger partial charge in [-0.25, -0.2) is 8.42 Å². The van der Waals surface area contributed by atoms with Crippen LogP contribution in [0.2, 0.25) is 0 Å². The minimum atomic E-state index is -3.50. The van der Waals surface area contributed by atoms with Crippen molar-refractivity contribution < 1.29 is 18.0 Å². The summed E-state index contributed by atoms with van der Waals surface area (Å²) in [6.07, 6.45) is 1.89. The van der Waals surface area contributed by atoms with Gasteiger partial charge in [0, 0.05) is 38.6 Å². The normalized spacial score (nSPS) is 15.6. The highest BCUT2D eigenvalue weighted by atomic mass is 32.2. The van der Waals surface area contributed by atoms with Crippen molar-refractivity contribution in [3.8, 4) is 0 Å². The predicted octanol–water partition coefficient (Wildman–Crippen LogP) is 4.06. The van der Waals surface area contributed by atoms with Crippen LogP contribution in [0.15, 0.2) is 24.3 Å². The number of carbonyl (C=O) groups excluding carboxylic acids is 2. The minimum absolute atomic E-state index is 0.0285. The van der Waals surface area contributed by atoms with Gasteiger partial charge in [-0.1, -0.05) is 64.4 Å². The molecular weight excluding hydrogens is 462 g/mol. The summed E-state index contributed by atoms with van der Waals surface area (Å²) in [7, 11) is -3.50. The maximum absolute atomic E-state index is 13.6. The van der Waals surface area contributed by atoms with Crippen molar-refractivity contribution in [3.63, 3.8) is 0 Å². The molecule has 0 N–H and O–H groups in total. The Balaban J connectivity index is 2.21. The summed E-state index contributed by atoms with van der Waals surface area (Å²) in [6.45, 7) is 15.6. The Bertz CT molecular complexity index is 944. The van der Waals surface area contributed by atoms with Gasteiger partial charge in [0.15, 0.2) is 0 Å². The van der Waals surface area contributed by atoms with E-state index in [-0.39, 0.29) is 41.5 Å². The van der Waals surface area contributed by atoms with Gasteiger partial charge in [0.1, 0.15) is 0 Å². The molecule has 0 spiro atoms. The van der Waals surface area contributed by atoms with Crippen LogP contribution in [0.25, 0.3) is 0 Å². The Kier molecular flexibility index (Phi) is 10.3. The van der Waals surface area contributed by atoms with E-state index in [1.165, 1.54) is 4.31 Å². The van der Waals surface area contributed by atoms with Gasteiger partial charge in [-0.3, -0.25) is 9.59 Å². The first-order valence-corrected chi connectivity index (χ1v) is 14.4. The summed E-state index contributed by atoms with van der Waals surface area (Å²) in [4.78, 5) is 30.1. The summed E-state index contributed by atoms with van der Waals surface area (Å²) in [5.41, 5.74) is 2.10. The lowest BCUT2D eigenvalue weighted by molar-refractivity contribution is -0.138. The molecular formula is C27H45N3O4S. The molecule has 8 heteroatoms. The molecule has 1 fully saturated rings. The van der Waals surface area contributed by atoms with Gasteiger partial charge in [-0.15, -0.1) is 0 Å². The molecule has 198 valence electrons. The van der Waals surface area contributed by atoms with E-state index in [1.54, 1.807) is 6.92 Å². The average molecular weight is 508 g/mol. The summed E-state index contributed by atoms with van der Waals surface area (Å²) in [5.74, 6) is 0.0677. The zero-order valence-electron chi connectivity index (χ0n) is 22.7. The molecule has 2 amide bonds. The first kappa shape index (κ1) is 29.3. The molecule has 0 radical (unpaired) electrons. The molecule has 1 aromatic rings. The van der Waals surface area contributed by atoms with Gasteiger partial charge < -0.3 is 9.80 Å². The quantitative estimate of drug-likeness (QED) is 0.479. The van der Waals surface area contributed by atoms with E-state index in [1.807, 2.05) is 54.8 Å². The molecule has 2 rings (SSSR count). The monoisotopic (exact) mass is 507 g/mol. The van der Waals surface area contributed by atoms with E-state index < -0.39 is 10.0 Å². The fraction of sp³-hybridized carbons (Fsp3) is 0.704. The van der Waals surface area contributed by atoms with Crippen LogP contribution in [-0.2, 0) is 26.2 Å². The number of nitrogens with zero attached hydrogens (tertiary/aromatic N) is 3. The highest BCUT2D eigenvalue weighted by molar-refractivity contribution is 7.89. The van der Waals surface area contributed by atoms with E-state index in [9.17, 15) is 18.0 Å². The molecule has 0 saturated carbocycles. The number of amides is 2. The number of rotatable bonds is 10. The van der Waals surface area contributed by atoms with Gasteiger partial charge in [-0.05, 0) is 43.6 Å². The molecule has 0 aromatic heterocycles. The standard InChI is InChI=1S/C27H45N3O4S/c1-8-35(33,34)29(18-21(2)3)20-26(32)30(19-23-11-9-22(4)10-12-23)24-13-15-28(16-14-24)25(31)17-27(5,6)7/h9-12,21,24H,8,13-20H2,1-7H3. The summed E-state index contributed by atoms with van der Waals surface area (Å²) >= 11 is 0. The summed E-state index contributed by atoms with van der Waals surface area (Å²) < 4.78 is 26.8. The predicted molar refractivity (Wildman–Crippen MR) is 141 cm³/mol. The molecule has 7 nitrogen and oxygen atoms in total. The van der Waals surface area contributed by atoms with Crippen molar-refractivity contribution in [2.24, 2.45) is 11.3 Å². The van der Waals surface area contributed by atoms with E-state index >= 15 is 0 Å². The van der Waals surface area contributed by atoms with Crippen LogP contribution in [0.4, 0.5) is 0 Å². The van der Waals surface area contributed by atoms with Gasteiger partial charge in [-0.2, -0.15) is 4.31 Å². The number of benzene rings is 1. The van der Waals surface area contributed by atoms with Crippen molar-refractivity contribution in [2.75, 3.05) is 31.9 Å². The number of aryl methyl sites for hydroxylation is 1. The third-order valence-corrected chi connectivity index (χ3v) is 8.17. The summed E-state index contributed by atoms with van der Waals surface area (Å²) in [6, 6.07) is 8.06. The fourth-order valence-corrected chi connectivity index (χ4v) is 5.61. The Labute approximate surface area is 212 Å². The Morgan fingerprint density at radius 2 is 1.66 bits per heavy atom. The van der Waals surface area contributed by atoms with E-state index in [0.717, 1.165) is 11.1 Å². The minimum Gasteiger partial charge on any atom is -0.343 e. The molecule has 1 heterocycles. The van der Waals surface area contributed by atoms with Crippen molar-refractivity contribution in [2.45, 2.75) is 80.3 Å². The number of piperidine rings is 1. The maximum atomic E-state index is 13.6. The van der Waals surface area contributed by atoms with Crippen molar-refractivity contribution in [1.82, 2.24) is 14.1 Å². The Morgan fingerprint density at radius 1 is 1.09 bits per heavy atom. The molecule has 0 unspecified atom stereocenters. The second kappa shape index (κ2) is 12.3. The topological polar surface area (TPSA) is 78.0 Å². The van der Waals surface area contributed by atoms with Gasteiger partial charge in [0.05, 0.1) is 12.3 Å². The molecule has 1 saturated heterocycles. The van der Waals surface area contributed by atoms with Crippen molar-refractivity contribution in [3.05, 3.63) is 35.4 Å². The number of carbonyl (C=O) groups is 2. The number of hydrogen-bond acceptors (Lipinski definition) is 4. The van der Waals surface area contributed by atoms with Crippen LogP contribution in [0.1, 0.15) is 71.9 Å². The smallest absolute Gasteiger partial charge is 0.238 e. The van der Waals surface area contributed by atoms with Gasteiger partial charge in [0.25, 0.3) is 0 Å². The van der Waals surface area contributed by atoms with Gasteiger partial charge >= 0.3 is 0 Å². The molecule has 0 bridgehead atoms. The van der Waals surface area contributed by atoms with Crippen molar-refractivity contribution in [1.29, 1.82) is 0 Å². The van der Waals surface area contributed by atoms with Crippen LogP contribution in [0.3, 0.4) is 0 Å². The molecule has 0 atom stereocenters. The fourth-order valence-electron chi connectivity index (χ4n) is 4.41. The zero-order chi connectivity index (χ0) is 26.4. The number of hydrogen-bond donors (Lipinski definition) is 0. The number of likely N-dealkylation sites (tertiary alicyclic amines) is 1. The third kappa shape index (κ3) is 9.22. The maximum Gasteiger partial charge on any atom is 0.238 e. The first-order valence-electron chi connectivity index (χ1n) is 12.8. The molecule has 1 aliphatic heterocycles. The average Bonchev–Trinajstić information content (AvgIpc) is 2.76. The van der Waals surface area contributed by atoms with Crippen LogP contribution in [0.5, 0.6) is 0 Å². The second-order valence-electron chi connectivity index (χ2n) is 11.4. The molecule has 35 heavy (non-hydrogen) atoms. The zero-order valence-corrected chi connectivity index (χ0v) is 23.5. The largest absolute Gasteiger partial charge is 0.343 e. The highest BCUT2D eigenvalue weighted by Crippen LogP contribution is 2.24. The van der Waals surface area contributed by atoms with Crippen LogP contribution in [-0.4, -0.2) is 72.3 Å². The SMILES string of the molecule is CCS(=O)(=O)N(CC(=O)N(Cc1ccc(C)cc1)C1CCN(C(=O)CC(C)(C)C)CC1)CC(C)C. The Hall–Kier alpha value is -1.93. The lowest BCUT2D eigenvalue weighted by atomic mass is 9.91. The molecule has 0 aliphatic carbocycles. The van der Waals surface area contributed by atoms with Crippen LogP contribution >= 0.6 is 0 Å². The van der Waals surface area contributed by atoms with Crippen LogP contribution < -0.4 is 0 Å². The van der Waals surface area contributed by atoms with E-state index in [4.69, 9.17) is 0 Å². The molecule has 1 aromatic carbocycles. The van der Waals surface area contributed by atoms with E-state index in [0.29, 0.717) is 45.4 Å². The second-order valence-corrected chi connectivity index (χ2v) is 13.7. The molecule has 1 aliphatic rings. The highest BCUT2D eigenvalue weighted by Gasteiger charge is 2.33. The lowest BCUT2D eigenvalue weighted by Crippen LogP contribution is -2.52. The summed E-state index contributed by atoms with van der Waals surface area (Å²) in [5, 5.41) is 0. The van der Waals surface area contributed by atoms with Crippen LogP contribution in [0, 0.1) is 18.3 Å².